The number of aromatic nitrogens is 2. The molecule has 28 heavy (non-hydrogen) atoms. The second-order valence-electron chi connectivity index (χ2n) is 6.41. The zero-order valence-electron chi connectivity index (χ0n) is 16.4. The van der Waals surface area contributed by atoms with Gasteiger partial charge in [-0.1, -0.05) is 12.1 Å². The predicted octanol–water partition coefficient (Wildman–Crippen LogP) is 2.77. The maximum atomic E-state index is 12.8. The van der Waals surface area contributed by atoms with Gasteiger partial charge in [0.1, 0.15) is 5.75 Å². The molecule has 0 spiro atoms. The molecule has 146 valence electrons. The molecule has 3 aromatic rings. The smallest absolute Gasteiger partial charge is 0.316 e. The molecule has 0 aliphatic heterocycles. The molecular formula is C21H23N3O4. The summed E-state index contributed by atoms with van der Waals surface area (Å²) >= 11 is 0. The van der Waals surface area contributed by atoms with Gasteiger partial charge in [0.2, 0.25) is 0 Å². The van der Waals surface area contributed by atoms with Crippen LogP contribution in [-0.4, -0.2) is 22.2 Å². The molecule has 0 aliphatic carbocycles. The SMILES string of the molecule is CCn1c(=O)c(=O)n(CC)c2cc(NC(=O)c3ccccc3OC)c(C)cc21. The van der Waals surface area contributed by atoms with Crippen LogP contribution in [0.25, 0.3) is 11.0 Å². The Morgan fingerprint density at radius 1 is 1.00 bits per heavy atom. The predicted molar refractivity (Wildman–Crippen MR) is 110 cm³/mol. The number of carbonyl (C=O) groups is 1. The highest BCUT2D eigenvalue weighted by atomic mass is 16.5. The minimum Gasteiger partial charge on any atom is -0.496 e. The highest BCUT2D eigenvalue weighted by Crippen LogP contribution is 2.25. The quantitative estimate of drug-likeness (QED) is 0.689. The number of amides is 1. The molecule has 0 saturated heterocycles. The minimum absolute atomic E-state index is 0.311. The topological polar surface area (TPSA) is 82.3 Å². The van der Waals surface area contributed by atoms with Crippen LogP contribution in [0.3, 0.4) is 0 Å². The largest absolute Gasteiger partial charge is 0.496 e. The number of ether oxygens (including phenoxy) is 1. The lowest BCUT2D eigenvalue weighted by molar-refractivity contribution is 0.102. The number of carbonyl (C=O) groups excluding carboxylic acids is 1. The van der Waals surface area contributed by atoms with Crippen molar-refractivity contribution in [3.8, 4) is 5.75 Å². The summed E-state index contributed by atoms with van der Waals surface area (Å²) in [4.78, 5) is 37.6. The zero-order valence-corrected chi connectivity index (χ0v) is 16.4. The van der Waals surface area contributed by atoms with E-state index in [1.165, 1.54) is 16.2 Å². The molecule has 0 saturated carbocycles. The number of fused-ring (bicyclic) bond motifs is 1. The van der Waals surface area contributed by atoms with Gasteiger partial charge < -0.3 is 19.2 Å². The fourth-order valence-electron chi connectivity index (χ4n) is 3.35. The van der Waals surface area contributed by atoms with Gasteiger partial charge in [-0.15, -0.1) is 0 Å². The summed E-state index contributed by atoms with van der Waals surface area (Å²) in [5.74, 6) is 0.165. The number of nitrogens with zero attached hydrogens (tertiary/aromatic N) is 2. The van der Waals surface area contributed by atoms with Crippen LogP contribution in [0.15, 0.2) is 46.0 Å². The second kappa shape index (κ2) is 7.72. The van der Waals surface area contributed by atoms with E-state index in [-0.39, 0.29) is 5.91 Å². The number of methoxy groups -OCH3 is 1. The van der Waals surface area contributed by atoms with Crippen LogP contribution >= 0.6 is 0 Å². The van der Waals surface area contributed by atoms with Crippen molar-refractivity contribution in [2.45, 2.75) is 33.9 Å². The number of aryl methyl sites for hydroxylation is 3. The lowest BCUT2D eigenvalue weighted by atomic mass is 10.1. The molecule has 1 aromatic heterocycles. The maximum Gasteiger partial charge on any atom is 0.316 e. The van der Waals surface area contributed by atoms with E-state index in [4.69, 9.17) is 4.74 Å². The summed E-state index contributed by atoms with van der Waals surface area (Å²) < 4.78 is 8.15. The lowest BCUT2D eigenvalue weighted by Crippen LogP contribution is -2.41. The Morgan fingerprint density at radius 3 is 2.14 bits per heavy atom. The molecule has 1 N–H and O–H groups in total. The van der Waals surface area contributed by atoms with Gasteiger partial charge in [-0.3, -0.25) is 14.4 Å². The Kier molecular flexibility index (Phi) is 5.35. The van der Waals surface area contributed by atoms with Gasteiger partial charge in [-0.25, -0.2) is 0 Å². The number of para-hydroxylation sites is 1. The van der Waals surface area contributed by atoms with Gasteiger partial charge in [-0.05, 0) is 50.6 Å². The highest BCUT2D eigenvalue weighted by molar-refractivity contribution is 6.07. The number of anilines is 1. The molecule has 1 amide bonds. The van der Waals surface area contributed by atoms with Gasteiger partial charge in [-0.2, -0.15) is 0 Å². The van der Waals surface area contributed by atoms with Gasteiger partial charge >= 0.3 is 11.1 Å². The van der Waals surface area contributed by atoms with Crippen LogP contribution in [0, 0.1) is 6.92 Å². The first-order valence-corrected chi connectivity index (χ1v) is 9.15. The highest BCUT2D eigenvalue weighted by Gasteiger charge is 2.16. The van der Waals surface area contributed by atoms with Crippen molar-refractivity contribution in [2.24, 2.45) is 0 Å². The third kappa shape index (κ3) is 3.19. The van der Waals surface area contributed by atoms with Crippen LogP contribution in [0.4, 0.5) is 5.69 Å². The molecule has 0 bridgehead atoms. The van der Waals surface area contributed by atoms with Crippen molar-refractivity contribution in [1.82, 2.24) is 9.13 Å². The Balaban J connectivity index is 2.16. The van der Waals surface area contributed by atoms with Crippen LogP contribution in [0.2, 0.25) is 0 Å². The molecule has 0 atom stereocenters. The van der Waals surface area contributed by atoms with Crippen LogP contribution in [0.5, 0.6) is 5.75 Å². The van der Waals surface area contributed by atoms with E-state index in [9.17, 15) is 14.4 Å². The van der Waals surface area contributed by atoms with E-state index in [0.717, 1.165) is 5.56 Å². The van der Waals surface area contributed by atoms with E-state index in [2.05, 4.69) is 5.32 Å². The summed E-state index contributed by atoms with van der Waals surface area (Å²) in [6, 6.07) is 10.5. The standard InChI is InChI=1S/C21H23N3O4/c1-5-23-16-11-13(3)15(12-17(16)24(6-2)21(27)20(23)26)22-19(25)14-9-7-8-10-18(14)28-4/h7-12H,5-6H2,1-4H3,(H,22,25). The number of nitrogens with one attached hydrogen (secondary N) is 1. The van der Waals surface area contributed by atoms with Crippen molar-refractivity contribution in [1.29, 1.82) is 0 Å². The van der Waals surface area contributed by atoms with Crippen LogP contribution in [0.1, 0.15) is 29.8 Å². The van der Waals surface area contributed by atoms with Crippen molar-refractivity contribution in [2.75, 3.05) is 12.4 Å². The average molecular weight is 381 g/mol. The molecule has 0 aliphatic rings. The lowest BCUT2D eigenvalue weighted by Gasteiger charge is -2.17. The number of hydrogen-bond donors (Lipinski definition) is 1. The van der Waals surface area contributed by atoms with Gasteiger partial charge in [0.15, 0.2) is 0 Å². The Hall–Kier alpha value is -3.35. The summed E-state index contributed by atoms with van der Waals surface area (Å²) in [7, 11) is 1.51. The maximum absolute atomic E-state index is 12.8. The van der Waals surface area contributed by atoms with E-state index < -0.39 is 11.1 Å². The Morgan fingerprint density at radius 2 is 1.57 bits per heavy atom. The summed E-state index contributed by atoms with van der Waals surface area (Å²) in [5.41, 5.74) is 1.95. The van der Waals surface area contributed by atoms with Crippen LogP contribution < -0.4 is 21.2 Å². The molecule has 7 heteroatoms. The molecule has 1 heterocycles. The normalized spacial score (nSPS) is 10.9. The fourth-order valence-corrected chi connectivity index (χ4v) is 3.35. The third-order valence-corrected chi connectivity index (χ3v) is 4.81. The minimum atomic E-state index is -0.567. The van der Waals surface area contributed by atoms with Gasteiger partial charge in [0.05, 0.1) is 23.7 Å². The molecule has 0 radical (unpaired) electrons. The molecule has 0 fully saturated rings. The number of rotatable bonds is 5. The van der Waals surface area contributed by atoms with E-state index in [0.29, 0.717) is 41.1 Å². The van der Waals surface area contributed by atoms with Gasteiger partial charge in [0, 0.05) is 18.8 Å². The average Bonchev–Trinajstić information content (AvgIpc) is 2.70. The zero-order chi connectivity index (χ0) is 20.4. The van der Waals surface area contributed by atoms with E-state index in [1.54, 1.807) is 30.3 Å². The van der Waals surface area contributed by atoms with Crippen molar-refractivity contribution in [3.05, 3.63) is 68.2 Å². The number of hydrogen-bond acceptors (Lipinski definition) is 4. The summed E-state index contributed by atoms with van der Waals surface area (Å²) in [6.07, 6.45) is 0. The number of benzene rings is 2. The van der Waals surface area contributed by atoms with Crippen LogP contribution in [-0.2, 0) is 13.1 Å². The van der Waals surface area contributed by atoms with Crippen molar-refractivity contribution in [3.63, 3.8) is 0 Å². The van der Waals surface area contributed by atoms with Gasteiger partial charge in [0.25, 0.3) is 5.91 Å². The first kappa shape index (κ1) is 19.4. The molecule has 3 rings (SSSR count). The summed E-state index contributed by atoms with van der Waals surface area (Å²) in [6.45, 7) is 6.23. The van der Waals surface area contributed by atoms with Crippen molar-refractivity contribution < 1.29 is 9.53 Å². The molecule has 2 aromatic carbocycles. The molecule has 0 unspecified atom stereocenters. The monoisotopic (exact) mass is 381 g/mol. The first-order chi connectivity index (χ1) is 13.4. The Labute approximate surface area is 162 Å². The fraction of sp³-hybridized carbons (Fsp3) is 0.286. The van der Waals surface area contributed by atoms with E-state index in [1.807, 2.05) is 26.8 Å². The second-order valence-corrected chi connectivity index (χ2v) is 6.41. The van der Waals surface area contributed by atoms with Crippen molar-refractivity contribution >= 4 is 22.6 Å². The first-order valence-electron chi connectivity index (χ1n) is 9.15. The molecular weight excluding hydrogens is 358 g/mol. The Bertz CT molecular complexity index is 1170. The molecule has 7 nitrogen and oxygen atoms in total. The summed E-state index contributed by atoms with van der Waals surface area (Å²) in [5, 5.41) is 2.89. The third-order valence-electron chi connectivity index (χ3n) is 4.81. The van der Waals surface area contributed by atoms with E-state index >= 15 is 0 Å².